The van der Waals surface area contributed by atoms with Crippen LogP contribution in [0.1, 0.15) is 23.7 Å². The lowest BCUT2D eigenvalue weighted by Gasteiger charge is -2.22. The minimum atomic E-state index is -0.288. The molecule has 0 saturated carbocycles. The predicted molar refractivity (Wildman–Crippen MR) is 103 cm³/mol. The van der Waals surface area contributed by atoms with Gasteiger partial charge in [0.1, 0.15) is 0 Å². The maximum absolute atomic E-state index is 12.8. The highest BCUT2D eigenvalue weighted by Crippen LogP contribution is 2.40. The fraction of sp³-hybridized carbons (Fsp3) is 0.227. The van der Waals surface area contributed by atoms with Crippen molar-refractivity contribution in [3.05, 3.63) is 72.3 Å². The van der Waals surface area contributed by atoms with Gasteiger partial charge in [0, 0.05) is 11.3 Å². The first-order valence-corrected chi connectivity index (χ1v) is 9.07. The molecule has 5 heteroatoms. The summed E-state index contributed by atoms with van der Waals surface area (Å²) < 4.78 is 0. The van der Waals surface area contributed by atoms with Gasteiger partial charge in [-0.2, -0.15) is 0 Å². The van der Waals surface area contributed by atoms with Crippen LogP contribution in [0, 0.1) is 17.8 Å². The van der Waals surface area contributed by atoms with Crippen molar-refractivity contribution in [3.8, 4) is 0 Å². The minimum absolute atomic E-state index is 0.0566. The summed E-state index contributed by atoms with van der Waals surface area (Å²) in [6.45, 7) is 1.97. The van der Waals surface area contributed by atoms with Crippen molar-refractivity contribution in [2.45, 2.75) is 13.3 Å². The molecule has 5 nitrogen and oxygen atoms in total. The van der Waals surface area contributed by atoms with Crippen molar-refractivity contribution in [1.29, 1.82) is 0 Å². The Kier molecular flexibility index (Phi) is 4.36. The van der Waals surface area contributed by atoms with E-state index in [1.807, 2.05) is 49.4 Å². The number of benzene rings is 2. The van der Waals surface area contributed by atoms with Gasteiger partial charge in [0.2, 0.25) is 11.8 Å². The van der Waals surface area contributed by atoms with E-state index in [0.29, 0.717) is 23.4 Å². The Morgan fingerprint density at radius 2 is 1.70 bits per heavy atom. The van der Waals surface area contributed by atoms with E-state index < -0.39 is 0 Å². The van der Waals surface area contributed by atoms with E-state index in [9.17, 15) is 14.4 Å². The highest BCUT2D eigenvalue weighted by Gasteiger charge is 2.50. The smallest absolute Gasteiger partial charge is 0.255 e. The quantitative estimate of drug-likeness (QED) is 0.671. The average Bonchev–Trinajstić information content (AvgIpc) is 2.94. The normalized spacial score (nSPS) is 24.0. The summed E-state index contributed by atoms with van der Waals surface area (Å²) in [5.74, 6) is -1.05. The van der Waals surface area contributed by atoms with Gasteiger partial charge in [-0.05, 0) is 48.7 Å². The molecule has 3 atom stereocenters. The van der Waals surface area contributed by atoms with Gasteiger partial charge in [-0.3, -0.25) is 19.3 Å². The minimum Gasteiger partial charge on any atom is -0.322 e. The second-order valence-electron chi connectivity index (χ2n) is 7.03. The Hall–Kier alpha value is -3.21. The summed E-state index contributed by atoms with van der Waals surface area (Å²) in [4.78, 5) is 39.2. The molecule has 27 heavy (non-hydrogen) atoms. The molecule has 3 amide bonds. The van der Waals surface area contributed by atoms with Crippen molar-refractivity contribution in [2.24, 2.45) is 17.8 Å². The molecule has 0 spiro atoms. The fourth-order valence-corrected chi connectivity index (χ4v) is 3.89. The number of rotatable bonds is 3. The molecular formula is C22H20N2O3. The molecule has 1 saturated heterocycles. The molecule has 1 aliphatic carbocycles. The van der Waals surface area contributed by atoms with Crippen LogP contribution in [-0.4, -0.2) is 17.7 Å². The fourth-order valence-electron chi connectivity index (χ4n) is 3.89. The molecule has 1 fully saturated rings. The highest BCUT2D eigenvalue weighted by molar-refractivity contribution is 6.22. The maximum atomic E-state index is 12.8. The van der Waals surface area contributed by atoms with Crippen molar-refractivity contribution in [1.82, 2.24) is 0 Å². The van der Waals surface area contributed by atoms with Gasteiger partial charge < -0.3 is 5.32 Å². The van der Waals surface area contributed by atoms with Crippen molar-refractivity contribution < 1.29 is 14.4 Å². The summed E-state index contributed by atoms with van der Waals surface area (Å²) >= 11 is 0. The third-order valence-corrected chi connectivity index (χ3v) is 5.29. The molecule has 0 radical (unpaired) electrons. The monoisotopic (exact) mass is 360 g/mol. The van der Waals surface area contributed by atoms with Crippen molar-refractivity contribution in [2.75, 3.05) is 10.2 Å². The first-order valence-electron chi connectivity index (χ1n) is 9.07. The van der Waals surface area contributed by atoms with Gasteiger partial charge >= 0.3 is 0 Å². The van der Waals surface area contributed by atoms with E-state index >= 15 is 0 Å². The lowest BCUT2D eigenvalue weighted by Crippen LogP contribution is -2.31. The van der Waals surface area contributed by atoms with Crippen LogP contribution in [0.3, 0.4) is 0 Å². The van der Waals surface area contributed by atoms with Crippen LogP contribution < -0.4 is 10.2 Å². The van der Waals surface area contributed by atoms with Gasteiger partial charge in [0.25, 0.3) is 5.91 Å². The summed E-state index contributed by atoms with van der Waals surface area (Å²) in [6, 6.07) is 15.8. The number of nitrogens with one attached hydrogen (secondary N) is 1. The zero-order valence-electron chi connectivity index (χ0n) is 15.0. The van der Waals surface area contributed by atoms with Crippen LogP contribution in [0.4, 0.5) is 11.4 Å². The number of anilines is 2. The van der Waals surface area contributed by atoms with E-state index in [1.165, 1.54) is 4.90 Å². The first-order chi connectivity index (χ1) is 13.1. The van der Waals surface area contributed by atoms with Crippen LogP contribution in [0.25, 0.3) is 0 Å². The van der Waals surface area contributed by atoms with E-state index in [4.69, 9.17) is 0 Å². The lowest BCUT2D eigenvalue weighted by molar-refractivity contribution is -0.122. The molecule has 1 aliphatic heterocycles. The van der Waals surface area contributed by atoms with Crippen LogP contribution in [0.2, 0.25) is 0 Å². The third-order valence-electron chi connectivity index (χ3n) is 5.29. The molecule has 0 bridgehead atoms. The van der Waals surface area contributed by atoms with Gasteiger partial charge in [-0.15, -0.1) is 0 Å². The lowest BCUT2D eigenvalue weighted by atomic mass is 9.78. The summed E-state index contributed by atoms with van der Waals surface area (Å²) in [5.41, 5.74) is 1.69. The van der Waals surface area contributed by atoms with Gasteiger partial charge in [0.15, 0.2) is 0 Å². The molecular weight excluding hydrogens is 340 g/mol. The number of fused-ring (bicyclic) bond motifs is 1. The van der Waals surface area contributed by atoms with E-state index in [2.05, 4.69) is 5.32 Å². The summed E-state index contributed by atoms with van der Waals surface area (Å²) in [5, 5.41) is 2.82. The van der Waals surface area contributed by atoms with Crippen LogP contribution in [0.5, 0.6) is 0 Å². The number of hydrogen-bond donors (Lipinski definition) is 1. The first kappa shape index (κ1) is 17.2. The highest BCUT2D eigenvalue weighted by atomic mass is 16.2. The van der Waals surface area contributed by atoms with E-state index in [-0.39, 0.29) is 35.5 Å². The molecule has 1 heterocycles. The van der Waals surface area contributed by atoms with E-state index in [0.717, 1.165) is 0 Å². The molecule has 1 N–H and O–H groups in total. The largest absolute Gasteiger partial charge is 0.322 e. The number of imide groups is 1. The van der Waals surface area contributed by atoms with Crippen molar-refractivity contribution in [3.63, 3.8) is 0 Å². The second-order valence-corrected chi connectivity index (χ2v) is 7.03. The molecule has 2 aromatic carbocycles. The number of hydrogen-bond acceptors (Lipinski definition) is 3. The molecule has 2 aromatic rings. The van der Waals surface area contributed by atoms with Crippen LogP contribution in [0.15, 0.2) is 66.7 Å². The van der Waals surface area contributed by atoms with Gasteiger partial charge in [0.05, 0.1) is 17.5 Å². The Morgan fingerprint density at radius 1 is 1.00 bits per heavy atom. The standard InChI is InChI=1S/C22H20N2O3/c1-14-6-5-9-18-19(14)22(27)24(21(18)26)17-12-10-15(11-13-17)20(25)23-16-7-3-2-4-8-16/h2-8,10-14,18-19H,9H2,1H3,(H,23,25)/t14-,18+,19+/m1/s1. The molecule has 4 rings (SSSR count). The zero-order chi connectivity index (χ0) is 19.0. The average molecular weight is 360 g/mol. The topological polar surface area (TPSA) is 66.5 Å². The number of amides is 3. The number of allylic oxidation sites excluding steroid dienone is 2. The molecule has 2 aliphatic rings. The van der Waals surface area contributed by atoms with Crippen LogP contribution >= 0.6 is 0 Å². The SMILES string of the molecule is C[C@@H]1C=CC[C@@H]2C(=O)N(c3ccc(C(=O)Nc4ccccc4)cc3)C(=O)[C@@H]12. The van der Waals surface area contributed by atoms with Crippen LogP contribution in [-0.2, 0) is 9.59 Å². The molecule has 136 valence electrons. The predicted octanol–water partition coefficient (Wildman–Crippen LogP) is 3.64. The second kappa shape index (κ2) is 6.83. The number of carbonyl (C=O) groups is 3. The molecule has 0 aromatic heterocycles. The third kappa shape index (κ3) is 3.05. The molecule has 0 unspecified atom stereocenters. The Morgan fingerprint density at radius 3 is 2.37 bits per heavy atom. The van der Waals surface area contributed by atoms with Crippen molar-refractivity contribution >= 4 is 29.1 Å². The van der Waals surface area contributed by atoms with Gasteiger partial charge in [-0.25, -0.2) is 0 Å². The Balaban J connectivity index is 1.53. The van der Waals surface area contributed by atoms with Gasteiger partial charge in [-0.1, -0.05) is 37.3 Å². The Labute approximate surface area is 157 Å². The summed E-state index contributed by atoms with van der Waals surface area (Å²) in [7, 11) is 0. The van der Waals surface area contributed by atoms with E-state index in [1.54, 1.807) is 24.3 Å². The maximum Gasteiger partial charge on any atom is 0.255 e. The Bertz CT molecular complexity index is 918. The number of para-hydroxylation sites is 1. The number of nitrogens with zero attached hydrogens (tertiary/aromatic N) is 1. The zero-order valence-corrected chi connectivity index (χ0v) is 15.0. The number of carbonyl (C=O) groups excluding carboxylic acids is 3. The summed E-state index contributed by atoms with van der Waals surface area (Å²) in [6.07, 6.45) is 4.60.